The average Bonchev–Trinajstić information content (AvgIpc) is 2.26. The number of carbonyl (C=O) groups is 1. The van der Waals surface area contributed by atoms with Gasteiger partial charge in [0.15, 0.2) is 18.1 Å². The van der Waals surface area contributed by atoms with Crippen LogP contribution in [0.25, 0.3) is 0 Å². The van der Waals surface area contributed by atoms with E-state index >= 15 is 0 Å². The lowest BCUT2D eigenvalue weighted by Crippen LogP contribution is -2.05. The van der Waals surface area contributed by atoms with Gasteiger partial charge < -0.3 is 14.6 Å². The molecule has 5 heteroatoms. The number of carbonyl (C=O) groups excluding carboxylic acids is 1. The molecule has 0 aliphatic rings. The number of rotatable bonds is 3. The van der Waals surface area contributed by atoms with Crippen LogP contribution in [0.1, 0.15) is 10.4 Å². The quantitative estimate of drug-likeness (QED) is 0.750. The lowest BCUT2D eigenvalue weighted by molar-refractivity contribution is 0.0551. The van der Waals surface area contributed by atoms with Crippen LogP contribution >= 0.6 is 0 Å². The summed E-state index contributed by atoms with van der Waals surface area (Å²) in [6, 6.07) is 6.10. The second-order valence-electron chi connectivity index (χ2n) is 2.59. The van der Waals surface area contributed by atoms with Crippen molar-refractivity contribution in [3.8, 4) is 17.6 Å². The van der Waals surface area contributed by atoms with Gasteiger partial charge in [0, 0.05) is 0 Å². The van der Waals surface area contributed by atoms with E-state index in [0.717, 1.165) is 0 Å². The van der Waals surface area contributed by atoms with E-state index in [1.165, 1.54) is 19.2 Å². The average molecular weight is 207 g/mol. The Morgan fingerprint density at radius 3 is 2.93 bits per heavy atom. The van der Waals surface area contributed by atoms with Crippen molar-refractivity contribution in [2.75, 3.05) is 13.7 Å². The molecule has 0 atom stereocenters. The minimum absolute atomic E-state index is 0.0235. The molecule has 0 unspecified atom stereocenters. The Bertz CT molecular complexity index is 408. The molecule has 1 aromatic rings. The van der Waals surface area contributed by atoms with Crippen molar-refractivity contribution in [2.24, 2.45) is 0 Å². The smallest absolute Gasteiger partial charge is 0.343 e. The van der Waals surface area contributed by atoms with Gasteiger partial charge in [-0.1, -0.05) is 6.07 Å². The molecular weight excluding hydrogens is 198 g/mol. The van der Waals surface area contributed by atoms with Crippen LogP contribution in [-0.4, -0.2) is 24.8 Å². The molecule has 1 rings (SSSR count). The van der Waals surface area contributed by atoms with E-state index in [9.17, 15) is 9.90 Å². The first-order valence-electron chi connectivity index (χ1n) is 4.10. The van der Waals surface area contributed by atoms with E-state index in [-0.39, 0.29) is 23.7 Å². The maximum atomic E-state index is 11.3. The molecule has 0 spiro atoms. The van der Waals surface area contributed by atoms with Gasteiger partial charge in [-0.25, -0.2) is 4.79 Å². The molecule has 1 aromatic carbocycles. The van der Waals surface area contributed by atoms with Crippen molar-refractivity contribution in [3.05, 3.63) is 23.8 Å². The predicted molar refractivity (Wildman–Crippen MR) is 50.6 cm³/mol. The zero-order valence-corrected chi connectivity index (χ0v) is 8.06. The van der Waals surface area contributed by atoms with Gasteiger partial charge in [0.2, 0.25) is 0 Å². The third kappa shape index (κ3) is 2.38. The van der Waals surface area contributed by atoms with E-state index in [1.54, 1.807) is 12.1 Å². The number of nitrogens with zero attached hydrogens (tertiary/aromatic N) is 1. The van der Waals surface area contributed by atoms with Crippen LogP contribution in [-0.2, 0) is 4.74 Å². The molecule has 15 heavy (non-hydrogen) atoms. The van der Waals surface area contributed by atoms with Gasteiger partial charge >= 0.3 is 5.97 Å². The number of ether oxygens (including phenoxy) is 2. The van der Waals surface area contributed by atoms with Crippen LogP contribution in [0, 0.1) is 11.3 Å². The highest BCUT2D eigenvalue weighted by Gasteiger charge is 2.15. The summed E-state index contributed by atoms with van der Waals surface area (Å²) in [5.41, 5.74) is -0.0235. The molecule has 0 aliphatic heterocycles. The zero-order chi connectivity index (χ0) is 11.3. The van der Waals surface area contributed by atoms with Crippen LogP contribution in [0.5, 0.6) is 11.5 Å². The molecule has 0 heterocycles. The Labute approximate surface area is 86.5 Å². The van der Waals surface area contributed by atoms with Gasteiger partial charge in [0.25, 0.3) is 0 Å². The minimum Gasteiger partial charge on any atom is -0.504 e. The first kappa shape index (κ1) is 10.9. The largest absolute Gasteiger partial charge is 0.504 e. The maximum absolute atomic E-state index is 11.3. The second kappa shape index (κ2) is 4.86. The van der Waals surface area contributed by atoms with Crippen molar-refractivity contribution in [2.45, 2.75) is 0 Å². The first-order chi connectivity index (χ1) is 7.20. The normalized spacial score (nSPS) is 9.07. The van der Waals surface area contributed by atoms with Crippen molar-refractivity contribution in [1.29, 1.82) is 5.26 Å². The molecule has 0 amide bonds. The van der Waals surface area contributed by atoms with Gasteiger partial charge in [0.1, 0.15) is 11.6 Å². The number of methoxy groups -OCH3 is 1. The lowest BCUT2D eigenvalue weighted by atomic mass is 10.2. The number of aromatic hydroxyl groups is 1. The number of phenolic OH excluding ortho intramolecular Hbond substituents is 1. The lowest BCUT2D eigenvalue weighted by Gasteiger charge is -2.06. The molecular formula is C10H9NO4. The minimum atomic E-state index is -0.757. The van der Waals surface area contributed by atoms with E-state index in [0.29, 0.717) is 0 Å². The van der Waals surface area contributed by atoms with Crippen LogP contribution < -0.4 is 4.74 Å². The molecule has 0 saturated heterocycles. The van der Waals surface area contributed by atoms with E-state index < -0.39 is 5.97 Å². The Balaban J connectivity index is 2.95. The Hall–Kier alpha value is -2.22. The van der Waals surface area contributed by atoms with Crippen LogP contribution in [0.2, 0.25) is 0 Å². The number of hydrogen-bond donors (Lipinski definition) is 1. The SMILES string of the molecule is COc1cccc(C(=O)OCC#N)c1O. The Kier molecular flexibility index (Phi) is 3.52. The predicted octanol–water partition coefficient (Wildman–Crippen LogP) is 1.08. The molecule has 0 saturated carbocycles. The molecule has 0 fully saturated rings. The standard InChI is InChI=1S/C10H9NO4/c1-14-8-4-2-3-7(9(8)12)10(13)15-6-5-11/h2-4,12H,6H2,1H3. The highest BCUT2D eigenvalue weighted by molar-refractivity contribution is 5.93. The summed E-state index contributed by atoms with van der Waals surface area (Å²) < 4.78 is 9.36. The Morgan fingerprint density at radius 2 is 2.33 bits per heavy atom. The summed E-state index contributed by atoms with van der Waals surface area (Å²) in [6.07, 6.45) is 0. The molecule has 78 valence electrons. The van der Waals surface area contributed by atoms with Gasteiger partial charge in [-0.3, -0.25) is 0 Å². The van der Waals surface area contributed by atoms with Crippen molar-refractivity contribution >= 4 is 5.97 Å². The zero-order valence-electron chi connectivity index (χ0n) is 8.06. The number of esters is 1. The number of para-hydroxylation sites is 1. The number of benzene rings is 1. The summed E-state index contributed by atoms with van der Waals surface area (Å²) in [5, 5.41) is 17.8. The van der Waals surface area contributed by atoms with Crippen LogP contribution in [0.4, 0.5) is 0 Å². The number of phenols is 1. The van der Waals surface area contributed by atoms with Gasteiger partial charge in [-0.2, -0.15) is 5.26 Å². The van der Waals surface area contributed by atoms with Crippen LogP contribution in [0.3, 0.4) is 0 Å². The summed E-state index contributed by atoms with van der Waals surface area (Å²) in [7, 11) is 1.37. The van der Waals surface area contributed by atoms with Gasteiger partial charge in [-0.15, -0.1) is 0 Å². The molecule has 0 aromatic heterocycles. The van der Waals surface area contributed by atoms with E-state index in [2.05, 4.69) is 4.74 Å². The number of nitriles is 1. The van der Waals surface area contributed by atoms with Crippen molar-refractivity contribution in [1.82, 2.24) is 0 Å². The second-order valence-corrected chi connectivity index (χ2v) is 2.59. The third-order valence-corrected chi connectivity index (χ3v) is 1.71. The highest BCUT2D eigenvalue weighted by atomic mass is 16.5. The summed E-state index contributed by atoms with van der Waals surface area (Å²) in [4.78, 5) is 11.3. The monoisotopic (exact) mass is 207 g/mol. The highest BCUT2D eigenvalue weighted by Crippen LogP contribution is 2.29. The number of hydrogen-bond acceptors (Lipinski definition) is 5. The fourth-order valence-electron chi connectivity index (χ4n) is 1.03. The maximum Gasteiger partial charge on any atom is 0.343 e. The molecule has 5 nitrogen and oxygen atoms in total. The summed E-state index contributed by atoms with van der Waals surface area (Å²) in [6.45, 7) is -0.352. The van der Waals surface area contributed by atoms with Crippen molar-refractivity contribution in [3.63, 3.8) is 0 Å². The Morgan fingerprint density at radius 1 is 1.60 bits per heavy atom. The summed E-state index contributed by atoms with van der Waals surface area (Å²) in [5.74, 6) is -0.864. The van der Waals surface area contributed by atoms with Gasteiger partial charge in [-0.05, 0) is 12.1 Å². The summed E-state index contributed by atoms with van der Waals surface area (Å²) >= 11 is 0. The fraction of sp³-hybridized carbons (Fsp3) is 0.200. The van der Waals surface area contributed by atoms with Crippen molar-refractivity contribution < 1.29 is 19.4 Å². The fourth-order valence-corrected chi connectivity index (χ4v) is 1.03. The first-order valence-corrected chi connectivity index (χ1v) is 4.10. The molecule has 0 radical (unpaired) electrons. The third-order valence-electron chi connectivity index (χ3n) is 1.71. The molecule has 1 N–H and O–H groups in total. The van der Waals surface area contributed by atoms with Crippen LogP contribution in [0.15, 0.2) is 18.2 Å². The molecule has 0 bridgehead atoms. The topological polar surface area (TPSA) is 79.5 Å². The molecule has 0 aliphatic carbocycles. The van der Waals surface area contributed by atoms with E-state index in [1.807, 2.05) is 0 Å². The van der Waals surface area contributed by atoms with Gasteiger partial charge in [0.05, 0.1) is 7.11 Å². The van der Waals surface area contributed by atoms with E-state index in [4.69, 9.17) is 10.00 Å².